The summed E-state index contributed by atoms with van der Waals surface area (Å²) >= 11 is 5.02. The van der Waals surface area contributed by atoms with Crippen LogP contribution in [0.15, 0.2) is 18.2 Å². The highest BCUT2D eigenvalue weighted by molar-refractivity contribution is 7.80. The van der Waals surface area contributed by atoms with Crippen molar-refractivity contribution in [1.29, 1.82) is 0 Å². The number of aryl methyl sites for hydroxylation is 3. The van der Waals surface area contributed by atoms with Crippen LogP contribution >= 0.6 is 12.2 Å². The van der Waals surface area contributed by atoms with Gasteiger partial charge in [0.15, 0.2) is 0 Å². The van der Waals surface area contributed by atoms with Crippen LogP contribution in [0.2, 0.25) is 0 Å². The van der Waals surface area contributed by atoms with Crippen LogP contribution in [-0.2, 0) is 7.05 Å². The lowest BCUT2D eigenvalue weighted by atomic mass is 10.2. The summed E-state index contributed by atoms with van der Waals surface area (Å²) in [5.74, 6) is 0.397. The minimum atomic E-state index is -0.263. The molecule has 0 radical (unpaired) electrons. The molecule has 0 atom stereocenters. The summed E-state index contributed by atoms with van der Waals surface area (Å²) in [5, 5.41) is 7.37. The second-order valence-electron chi connectivity index (χ2n) is 4.39. The van der Waals surface area contributed by atoms with Gasteiger partial charge in [-0.25, -0.2) is 4.39 Å². The van der Waals surface area contributed by atoms with Gasteiger partial charge in [-0.3, -0.25) is 4.68 Å². The van der Waals surface area contributed by atoms with Crippen LogP contribution in [-0.4, -0.2) is 14.8 Å². The van der Waals surface area contributed by atoms with Crippen LogP contribution in [0.25, 0.3) is 0 Å². The van der Waals surface area contributed by atoms with Crippen LogP contribution < -0.4 is 11.1 Å². The Kier molecular flexibility index (Phi) is 3.53. The fraction of sp³-hybridized carbons (Fsp3) is 0.231. The summed E-state index contributed by atoms with van der Waals surface area (Å²) in [6.07, 6.45) is 0. The summed E-state index contributed by atoms with van der Waals surface area (Å²) in [5.41, 5.74) is 8.35. The van der Waals surface area contributed by atoms with Crippen molar-refractivity contribution in [3.63, 3.8) is 0 Å². The van der Waals surface area contributed by atoms with E-state index >= 15 is 0 Å². The molecule has 0 amide bonds. The zero-order valence-electron chi connectivity index (χ0n) is 11.0. The third-order valence-corrected chi connectivity index (χ3v) is 3.11. The molecule has 2 aromatic rings. The maximum absolute atomic E-state index is 13.5. The number of hydrogen-bond acceptors (Lipinski definition) is 3. The van der Waals surface area contributed by atoms with Crippen molar-refractivity contribution >= 4 is 28.7 Å². The maximum Gasteiger partial charge on any atom is 0.138 e. The second kappa shape index (κ2) is 4.97. The first-order chi connectivity index (χ1) is 8.90. The maximum atomic E-state index is 13.5. The normalized spacial score (nSPS) is 10.5. The average Bonchev–Trinajstić information content (AvgIpc) is 2.59. The Balaban J connectivity index is 2.43. The van der Waals surface area contributed by atoms with Crippen molar-refractivity contribution in [1.82, 2.24) is 9.78 Å². The van der Waals surface area contributed by atoms with Crippen molar-refractivity contribution in [2.45, 2.75) is 13.8 Å². The molecule has 0 fully saturated rings. The molecule has 0 unspecified atom stereocenters. The number of aromatic nitrogens is 2. The number of anilines is 2. The van der Waals surface area contributed by atoms with Crippen LogP contribution in [0.3, 0.4) is 0 Å². The first kappa shape index (κ1) is 13.5. The lowest BCUT2D eigenvalue weighted by Crippen LogP contribution is -2.13. The molecule has 0 saturated carbocycles. The van der Waals surface area contributed by atoms with E-state index in [1.54, 1.807) is 30.8 Å². The SMILES string of the molecule is Cc1ccc(Nc2c(C(N)=S)c(C)nn2C)cc1F. The molecule has 0 aliphatic rings. The van der Waals surface area contributed by atoms with E-state index in [-0.39, 0.29) is 10.8 Å². The number of nitrogens with zero attached hydrogens (tertiary/aromatic N) is 2. The topological polar surface area (TPSA) is 55.9 Å². The minimum Gasteiger partial charge on any atom is -0.389 e. The first-order valence-corrected chi connectivity index (χ1v) is 6.17. The number of thiocarbonyl (C=S) groups is 1. The summed E-state index contributed by atoms with van der Waals surface area (Å²) in [7, 11) is 1.78. The van der Waals surface area contributed by atoms with Gasteiger partial charge in [-0.15, -0.1) is 0 Å². The monoisotopic (exact) mass is 278 g/mol. The number of nitrogens with two attached hydrogens (primary N) is 1. The molecule has 1 heterocycles. The zero-order chi connectivity index (χ0) is 14.2. The Morgan fingerprint density at radius 1 is 1.42 bits per heavy atom. The molecule has 0 saturated heterocycles. The van der Waals surface area contributed by atoms with E-state index in [1.807, 2.05) is 6.92 Å². The van der Waals surface area contributed by atoms with Crippen molar-refractivity contribution in [3.8, 4) is 0 Å². The molecule has 2 rings (SSSR count). The van der Waals surface area contributed by atoms with Gasteiger partial charge in [-0.05, 0) is 31.5 Å². The van der Waals surface area contributed by atoms with Crippen molar-refractivity contribution in [2.75, 3.05) is 5.32 Å². The number of halogens is 1. The molecule has 0 aliphatic heterocycles. The van der Waals surface area contributed by atoms with Crippen LogP contribution in [0.4, 0.5) is 15.9 Å². The van der Waals surface area contributed by atoms with E-state index in [2.05, 4.69) is 10.4 Å². The van der Waals surface area contributed by atoms with E-state index < -0.39 is 0 Å². The third kappa shape index (κ3) is 2.58. The number of hydrogen-bond donors (Lipinski definition) is 2. The van der Waals surface area contributed by atoms with Gasteiger partial charge >= 0.3 is 0 Å². The number of benzene rings is 1. The Morgan fingerprint density at radius 2 is 2.11 bits per heavy atom. The molecule has 6 heteroatoms. The second-order valence-corrected chi connectivity index (χ2v) is 4.83. The third-order valence-electron chi connectivity index (χ3n) is 2.90. The van der Waals surface area contributed by atoms with E-state index in [9.17, 15) is 4.39 Å². The molecule has 4 nitrogen and oxygen atoms in total. The minimum absolute atomic E-state index is 0.263. The lowest BCUT2D eigenvalue weighted by molar-refractivity contribution is 0.619. The van der Waals surface area contributed by atoms with Crippen molar-refractivity contribution in [3.05, 3.63) is 40.8 Å². The van der Waals surface area contributed by atoms with Crippen LogP contribution in [0.5, 0.6) is 0 Å². The molecule has 0 aliphatic carbocycles. The van der Waals surface area contributed by atoms with Gasteiger partial charge in [0.05, 0.1) is 11.3 Å². The van der Waals surface area contributed by atoms with Gasteiger partial charge in [0.25, 0.3) is 0 Å². The van der Waals surface area contributed by atoms with Gasteiger partial charge in [-0.1, -0.05) is 18.3 Å². The first-order valence-electron chi connectivity index (χ1n) is 5.76. The van der Waals surface area contributed by atoms with Gasteiger partial charge in [0.2, 0.25) is 0 Å². The molecule has 1 aromatic heterocycles. The fourth-order valence-electron chi connectivity index (χ4n) is 1.90. The van der Waals surface area contributed by atoms with Crippen molar-refractivity contribution in [2.24, 2.45) is 12.8 Å². The van der Waals surface area contributed by atoms with E-state index in [1.165, 1.54) is 6.07 Å². The highest BCUT2D eigenvalue weighted by atomic mass is 32.1. The summed E-state index contributed by atoms with van der Waals surface area (Å²) in [6, 6.07) is 4.94. The Bertz CT molecular complexity index is 648. The summed E-state index contributed by atoms with van der Waals surface area (Å²) in [6.45, 7) is 3.54. The highest BCUT2D eigenvalue weighted by Gasteiger charge is 2.15. The quantitative estimate of drug-likeness (QED) is 0.847. The zero-order valence-corrected chi connectivity index (χ0v) is 11.8. The van der Waals surface area contributed by atoms with E-state index in [4.69, 9.17) is 18.0 Å². The van der Waals surface area contributed by atoms with Crippen LogP contribution in [0, 0.1) is 19.7 Å². The molecule has 19 heavy (non-hydrogen) atoms. The number of nitrogens with one attached hydrogen (secondary N) is 1. The number of rotatable bonds is 3. The standard InChI is InChI=1S/C13H15FN4S/c1-7-4-5-9(6-10(7)14)16-13-11(12(15)19)8(2)17-18(13)3/h4-6,16H,1-3H3,(H2,15,19). The predicted molar refractivity (Wildman–Crippen MR) is 78.3 cm³/mol. The molecule has 100 valence electrons. The summed E-state index contributed by atoms with van der Waals surface area (Å²) < 4.78 is 15.2. The van der Waals surface area contributed by atoms with E-state index in [0.717, 1.165) is 5.69 Å². The smallest absolute Gasteiger partial charge is 0.138 e. The molecule has 0 bridgehead atoms. The largest absolute Gasteiger partial charge is 0.389 e. The average molecular weight is 278 g/mol. The molecular formula is C13H15FN4S. The molecule has 0 spiro atoms. The van der Waals surface area contributed by atoms with Crippen LogP contribution in [0.1, 0.15) is 16.8 Å². The molecule has 1 aromatic carbocycles. The molecular weight excluding hydrogens is 263 g/mol. The Hall–Kier alpha value is -1.95. The Morgan fingerprint density at radius 3 is 2.68 bits per heavy atom. The van der Waals surface area contributed by atoms with Crippen molar-refractivity contribution < 1.29 is 4.39 Å². The lowest BCUT2D eigenvalue weighted by Gasteiger charge is -2.10. The van der Waals surface area contributed by atoms with Gasteiger partial charge in [0, 0.05) is 12.7 Å². The summed E-state index contributed by atoms with van der Waals surface area (Å²) in [4.78, 5) is 0.265. The Labute approximate surface area is 116 Å². The van der Waals surface area contributed by atoms with Gasteiger partial charge < -0.3 is 11.1 Å². The van der Waals surface area contributed by atoms with Gasteiger partial charge in [0.1, 0.15) is 16.6 Å². The highest BCUT2D eigenvalue weighted by Crippen LogP contribution is 2.24. The molecule has 3 N–H and O–H groups in total. The predicted octanol–water partition coefficient (Wildman–Crippen LogP) is 2.55. The fourth-order valence-corrected chi connectivity index (χ4v) is 2.15. The van der Waals surface area contributed by atoms with Gasteiger partial charge in [-0.2, -0.15) is 5.10 Å². The van der Waals surface area contributed by atoms with E-state index in [0.29, 0.717) is 22.6 Å².